The van der Waals surface area contributed by atoms with Crippen molar-refractivity contribution in [3.63, 3.8) is 0 Å². The number of hydrogen-bond donors (Lipinski definition) is 2. The van der Waals surface area contributed by atoms with E-state index in [1.807, 2.05) is 54.6 Å². The maximum absolute atomic E-state index is 11.2. The molecule has 0 unspecified atom stereocenters. The second-order valence-corrected chi connectivity index (χ2v) is 6.06. The molecule has 0 bridgehead atoms. The third kappa shape index (κ3) is 2.86. The molecule has 0 amide bonds. The average molecular weight is 350 g/mol. The molecule has 0 spiro atoms. The Morgan fingerprint density at radius 2 is 1.52 bits per heavy atom. The van der Waals surface area contributed by atoms with Crippen LogP contribution < -0.4 is 0 Å². The van der Waals surface area contributed by atoms with Crippen molar-refractivity contribution in [1.29, 1.82) is 0 Å². The predicted molar refractivity (Wildman–Crippen MR) is 96.7 cm³/mol. The van der Waals surface area contributed by atoms with Crippen molar-refractivity contribution in [2.45, 2.75) is 0 Å². The second kappa shape index (κ2) is 6.03. The molecule has 122 valence electrons. The summed E-state index contributed by atoms with van der Waals surface area (Å²) < 4.78 is 0. The fraction of sp³-hybridized carbons (Fsp3) is 0. The van der Waals surface area contributed by atoms with Crippen LogP contribution >= 0.6 is 11.6 Å². The van der Waals surface area contributed by atoms with Gasteiger partial charge in [-0.25, -0.2) is 4.79 Å². The van der Waals surface area contributed by atoms with Crippen molar-refractivity contribution in [2.75, 3.05) is 0 Å². The summed E-state index contributed by atoms with van der Waals surface area (Å²) in [6.45, 7) is 0. The van der Waals surface area contributed by atoms with E-state index in [-0.39, 0.29) is 5.69 Å². The first-order valence-electron chi connectivity index (χ1n) is 7.56. The number of H-pyrrole nitrogens is 1. The molecule has 6 heteroatoms. The predicted octanol–water partition coefficient (Wildman–Crippen LogP) is 4.64. The molecular formula is C19H12ClN3O2. The molecule has 4 rings (SSSR count). The van der Waals surface area contributed by atoms with E-state index in [0.29, 0.717) is 16.3 Å². The van der Waals surface area contributed by atoms with Crippen LogP contribution in [0.25, 0.3) is 33.2 Å². The number of carbonyl (C=O) groups is 1. The Kier molecular flexibility index (Phi) is 3.71. The summed E-state index contributed by atoms with van der Waals surface area (Å²) in [6.07, 6.45) is 0. The third-order valence-corrected chi connectivity index (χ3v) is 4.29. The largest absolute Gasteiger partial charge is 0.476 e. The zero-order chi connectivity index (χ0) is 17.4. The summed E-state index contributed by atoms with van der Waals surface area (Å²) in [7, 11) is 0. The quantitative estimate of drug-likeness (QED) is 0.564. The molecular weight excluding hydrogens is 338 g/mol. The average Bonchev–Trinajstić information content (AvgIpc) is 3.11. The normalized spacial score (nSPS) is 10.9. The van der Waals surface area contributed by atoms with Crippen LogP contribution in [0.5, 0.6) is 0 Å². The van der Waals surface area contributed by atoms with Crippen LogP contribution in [0.15, 0.2) is 60.7 Å². The standard InChI is InChI=1S/C19H12ClN3O2/c20-16-8-7-14-9-13(5-6-15(14)10-16)11-1-3-12(4-2-11)17-18(19(24)25)22-23-21-17/h1-10H,(H,24,25)(H,21,22,23). The molecule has 2 N–H and O–H groups in total. The van der Waals surface area contributed by atoms with Crippen LogP contribution in [0, 0.1) is 0 Å². The highest BCUT2D eigenvalue weighted by Gasteiger charge is 2.15. The number of aromatic amines is 1. The summed E-state index contributed by atoms with van der Waals surface area (Å²) >= 11 is 6.02. The van der Waals surface area contributed by atoms with E-state index < -0.39 is 5.97 Å². The maximum atomic E-state index is 11.2. The van der Waals surface area contributed by atoms with Gasteiger partial charge in [0.05, 0.1) is 0 Å². The Balaban J connectivity index is 1.71. The van der Waals surface area contributed by atoms with Crippen LogP contribution in [0.4, 0.5) is 0 Å². The summed E-state index contributed by atoms with van der Waals surface area (Å²) in [5.74, 6) is -1.09. The van der Waals surface area contributed by atoms with Crippen molar-refractivity contribution >= 4 is 28.3 Å². The highest BCUT2D eigenvalue weighted by Crippen LogP contribution is 2.28. The number of rotatable bonds is 3. The fourth-order valence-electron chi connectivity index (χ4n) is 2.80. The van der Waals surface area contributed by atoms with Gasteiger partial charge in [-0.2, -0.15) is 0 Å². The molecule has 0 aliphatic rings. The molecule has 0 aliphatic carbocycles. The fourth-order valence-corrected chi connectivity index (χ4v) is 2.98. The molecule has 1 heterocycles. The summed E-state index contributed by atoms with van der Waals surface area (Å²) in [6, 6.07) is 19.5. The van der Waals surface area contributed by atoms with Gasteiger partial charge < -0.3 is 5.11 Å². The van der Waals surface area contributed by atoms with Crippen LogP contribution in [-0.2, 0) is 0 Å². The summed E-state index contributed by atoms with van der Waals surface area (Å²) in [5.41, 5.74) is 3.10. The first-order valence-corrected chi connectivity index (χ1v) is 7.94. The molecule has 0 saturated carbocycles. The van der Waals surface area contributed by atoms with Gasteiger partial charge in [0.1, 0.15) is 5.69 Å². The van der Waals surface area contributed by atoms with E-state index in [2.05, 4.69) is 21.5 Å². The first kappa shape index (κ1) is 15.4. The number of fused-ring (bicyclic) bond motifs is 1. The molecule has 5 nitrogen and oxygen atoms in total. The molecule has 0 aliphatic heterocycles. The molecule has 0 radical (unpaired) electrons. The van der Waals surface area contributed by atoms with Crippen LogP contribution in [0.2, 0.25) is 5.02 Å². The summed E-state index contributed by atoms with van der Waals surface area (Å²) in [5, 5.41) is 21.9. The van der Waals surface area contributed by atoms with E-state index in [9.17, 15) is 4.79 Å². The van der Waals surface area contributed by atoms with Gasteiger partial charge in [0, 0.05) is 10.6 Å². The lowest BCUT2D eigenvalue weighted by Crippen LogP contribution is -1.99. The Bertz CT molecular complexity index is 1090. The number of nitrogens with one attached hydrogen (secondary N) is 1. The Labute approximate surface area is 147 Å². The zero-order valence-electron chi connectivity index (χ0n) is 12.9. The van der Waals surface area contributed by atoms with Crippen molar-refractivity contribution in [3.05, 3.63) is 71.4 Å². The lowest BCUT2D eigenvalue weighted by molar-refractivity contribution is 0.0691. The van der Waals surface area contributed by atoms with E-state index in [1.165, 1.54) is 0 Å². The van der Waals surface area contributed by atoms with E-state index in [4.69, 9.17) is 16.7 Å². The van der Waals surface area contributed by atoms with Gasteiger partial charge >= 0.3 is 5.97 Å². The minimum absolute atomic E-state index is 0.0182. The lowest BCUT2D eigenvalue weighted by Gasteiger charge is -2.06. The number of halogens is 1. The SMILES string of the molecule is O=C(O)c1[nH]nnc1-c1ccc(-c2ccc3cc(Cl)ccc3c2)cc1. The van der Waals surface area contributed by atoms with Gasteiger partial charge in [-0.1, -0.05) is 59.3 Å². The Morgan fingerprint density at radius 1 is 0.880 bits per heavy atom. The number of benzene rings is 3. The molecule has 3 aromatic carbocycles. The van der Waals surface area contributed by atoms with Crippen molar-refractivity contribution < 1.29 is 9.90 Å². The number of aromatic carboxylic acids is 1. The molecule has 1 aromatic heterocycles. The highest BCUT2D eigenvalue weighted by molar-refractivity contribution is 6.31. The van der Waals surface area contributed by atoms with Gasteiger partial charge in [-0.3, -0.25) is 5.10 Å². The first-order chi connectivity index (χ1) is 12.1. The lowest BCUT2D eigenvalue weighted by atomic mass is 9.99. The topological polar surface area (TPSA) is 78.9 Å². The van der Waals surface area contributed by atoms with Crippen LogP contribution in [0.1, 0.15) is 10.5 Å². The third-order valence-electron chi connectivity index (χ3n) is 4.06. The van der Waals surface area contributed by atoms with Crippen LogP contribution in [-0.4, -0.2) is 26.5 Å². The van der Waals surface area contributed by atoms with Crippen molar-refractivity contribution in [2.24, 2.45) is 0 Å². The van der Waals surface area contributed by atoms with Crippen molar-refractivity contribution in [3.8, 4) is 22.4 Å². The molecule has 0 atom stereocenters. The monoisotopic (exact) mass is 349 g/mol. The van der Waals surface area contributed by atoms with Gasteiger partial charge in [-0.05, 0) is 40.1 Å². The number of carboxylic acid groups (broad SMARTS) is 1. The van der Waals surface area contributed by atoms with Gasteiger partial charge in [-0.15, -0.1) is 5.10 Å². The Hall–Kier alpha value is -3.18. The Morgan fingerprint density at radius 3 is 2.28 bits per heavy atom. The van der Waals surface area contributed by atoms with Crippen LogP contribution in [0.3, 0.4) is 0 Å². The van der Waals surface area contributed by atoms with Gasteiger partial charge in [0.2, 0.25) is 0 Å². The number of carboxylic acids is 1. The zero-order valence-corrected chi connectivity index (χ0v) is 13.7. The van der Waals surface area contributed by atoms with Crippen molar-refractivity contribution in [1.82, 2.24) is 15.4 Å². The maximum Gasteiger partial charge on any atom is 0.356 e. The molecule has 0 fully saturated rings. The van der Waals surface area contributed by atoms with Gasteiger partial charge in [0.25, 0.3) is 0 Å². The smallest absolute Gasteiger partial charge is 0.356 e. The van der Waals surface area contributed by atoms with E-state index in [0.717, 1.165) is 21.9 Å². The minimum atomic E-state index is -1.09. The van der Waals surface area contributed by atoms with Gasteiger partial charge in [0.15, 0.2) is 5.69 Å². The summed E-state index contributed by atoms with van der Waals surface area (Å²) in [4.78, 5) is 11.2. The highest BCUT2D eigenvalue weighted by atomic mass is 35.5. The van der Waals surface area contributed by atoms with E-state index >= 15 is 0 Å². The molecule has 25 heavy (non-hydrogen) atoms. The number of aromatic nitrogens is 3. The van der Waals surface area contributed by atoms with E-state index in [1.54, 1.807) is 0 Å². The second-order valence-electron chi connectivity index (χ2n) is 5.62. The minimum Gasteiger partial charge on any atom is -0.476 e. The number of nitrogens with zero attached hydrogens (tertiary/aromatic N) is 2. The molecule has 0 saturated heterocycles. The number of hydrogen-bond acceptors (Lipinski definition) is 3. The molecule has 4 aromatic rings.